The van der Waals surface area contributed by atoms with Crippen LogP contribution in [0.25, 0.3) is 27.4 Å². The Hall–Kier alpha value is -3.41. The first-order valence-corrected chi connectivity index (χ1v) is 8.72. The number of aryl methyl sites for hydroxylation is 2. The number of fused-ring (bicyclic) bond motifs is 3. The smallest absolute Gasteiger partial charge is 0.348 e. The summed E-state index contributed by atoms with van der Waals surface area (Å²) in [4.78, 5) is 32.7. The molecule has 4 heterocycles. The number of rotatable bonds is 4. The third-order valence-electron chi connectivity index (χ3n) is 3.95. The van der Waals surface area contributed by atoms with Crippen molar-refractivity contribution < 1.29 is 14.5 Å². The Morgan fingerprint density at radius 1 is 1.41 bits per heavy atom. The van der Waals surface area contributed by atoms with E-state index in [4.69, 9.17) is 4.74 Å². The van der Waals surface area contributed by atoms with Gasteiger partial charge in [0.25, 0.3) is 0 Å². The van der Waals surface area contributed by atoms with E-state index in [1.54, 1.807) is 20.9 Å². The fraction of sp³-hybridized carbons (Fsp3) is 0.267. The van der Waals surface area contributed by atoms with Crippen LogP contribution in [-0.2, 0) is 11.8 Å². The molecule has 4 rings (SSSR count). The van der Waals surface area contributed by atoms with Gasteiger partial charge < -0.3 is 4.74 Å². The molecule has 0 N–H and O–H groups in total. The third-order valence-corrected chi connectivity index (χ3v) is 5.13. The molecule has 0 saturated carbocycles. The number of carbonyl (C=O) groups excluding carboxylic acids is 1. The lowest BCUT2D eigenvalue weighted by Crippen LogP contribution is -2.03. The van der Waals surface area contributed by atoms with Crippen molar-refractivity contribution in [1.29, 1.82) is 0 Å². The van der Waals surface area contributed by atoms with Gasteiger partial charge in [-0.25, -0.2) is 19.3 Å². The molecule has 0 aliphatic heterocycles. The van der Waals surface area contributed by atoms with Gasteiger partial charge in [-0.3, -0.25) is 14.8 Å². The van der Waals surface area contributed by atoms with E-state index in [1.807, 2.05) is 0 Å². The first-order valence-electron chi connectivity index (χ1n) is 7.90. The molecule has 0 atom stereocenters. The minimum atomic E-state index is -0.531. The van der Waals surface area contributed by atoms with Gasteiger partial charge in [0.2, 0.25) is 11.5 Å². The predicted molar refractivity (Wildman–Crippen MR) is 95.7 cm³/mol. The van der Waals surface area contributed by atoms with E-state index < -0.39 is 10.9 Å². The Morgan fingerprint density at radius 3 is 2.89 bits per heavy atom. The second-order valence-corrected chi connectivity index (χ2v) is 6.70. The minimum absolute atomic E-state index is 0.0675. The fourth-order valence-corrected chi connectivity index (χ4v) is 3.83. The highest BCUT2D eigenvalue weighted by Gasteiger charge is 2.26. The average Bonchev–Trinajstić information content (AvgIpc) is 3.29. The van der Waals surface area contributed by atoms with Crippen LogP contribution < -0.4 is 0 Å². The van der Waals surface area contributed by atoms with Crippen molar-refractivity contribution in [3.8, 4) is 11.5 Å². The maximum Gasteiger partial charge on any atom is 0.348 e. The van der Waals surface area contributed by atoms with Crippen LogP contribution in [-0.4, -0.2) is 46.9 Å². The van der Waals surface area contributed by atoms with Crippen molar-refractivity contribution in [2.45, 2.75) is 13.8 Å². The summed E-state index contributed by atoms with van der Waals surface area (Å²) in [5.74, 6) is -0.309. The number of carbonyl (C=O) groups is 1. The largest absolute Gasteiger partial charge is 0.462 e. The lowest BCUT2D eigenvalue weighted by atomic mass is 10.2. The van der Waals surface area contributed by atoms with E-state index in [2.05, 4.69) is 20.2 Å². The van der Waals surface area contributed by atoms with E-state index in [0.29, 0.717) is 26.3 Å². The van der Waals surface area contributed by atoms with Crippen LogP contribution >= 0.6 is 11.3 Å². The summed E-state index contributed by atoms with van der Waals surface area (Å²) >= 11 is 1.21. The highest BCUT2D eigenvalue weighted by molar-refractivity contribution is 7.20. The summed E-state index contributed by atoms with van der Waals surface area (Å²) in [7, 11) is 1.58. The highest BCUT2D eigenvalue weighted by Crippen LogP contribution is 2.33. The summed E-state index contributed by atoms with van der Waals surface area (Å²) in [6.45, 7) is 3.79. The van der Waals surface area contributed by atoms with E-state index in [9.17, 15) is 14.9 Å². The number of ether oxygens (including phenoxy) is 1. The van der Waals surface area contributed by atoms with E-state index >= 15 is 0 Å². The third kappa shape index (κ3) is 2.61. The Balaban J connectivity index is 1.94. The molecule has 0 spiro atoms. The van der Waals surface area contributed by atoms with Crippen molar-refractivity contribution in [3.63, 3.8) is 0 Å². The summed E-state index contributed by atoms with van der Waals surface area (Å²) in [5, 5.41) is 20.3. The molecule has 0 radical (unpaired) electrons. The normalized spacial score (nSPS) is 11.4. The maximum absolute atomic E-state index is 12.2. The van der Waals surface area contributed by atoms with Gasteiger partial charge in [-0.1, -0.05) is 0 Å². The Labute approximate surface area is 155 Å². The molecule has 27 heavy (non-hydrogen) atoms. The van der Waals surface area contributed by atoms with Crippen LogP contribution in [0.5, 0.6) is 0 Å². The Kier molecular flexibility index (Phi) is 3.84. The number of hydrogen-bond acceptors (Lipinski definition) is 9. The topological polar surface area (TPSA) is 130 Å². The lowest BCUT2D eigenvalue weighted by molar-refractivity contribution is -0.384. The molecular formula is C15H13N7O4S. The number of nitrogens with zero attached hydrogens (tertiary/aromatic N) is 7. The van der Waals surface area contributed by atoms with Gasteiger partial charge >= 0.3 is 11.7 Å². The molecule has 4 aromatic rings. The van der Waals surface area contributed by atoms with Gasteiger partial charge in [-0.15, -0.1) is 16.4 Å². The zero-order valence-corrected chi connectivity index (χ0v) is 15.4. The van der Waals surface area contributed by atoms with Crippen LogP contribution in [0.1, 0.15) is 22.2 Å². The quantitative estimate of drug-likeness (QED) is 0.296. The first kappa shape index (κ1) is 17.0. The van der Waals surface area contributed by atoms with Gasteiger partial charge in [-0.2, -0.15) is 5.10 Å². The minimum Gasteiger partial charge on any atom is -0.462 e. The number of hydrogen-bond donors (Lipinski definition) is 0. The summed E-state index contributed by atoms with van der Waals surface area (Å²) < 4.78 is 7.84. The van der Waals surface area contributed by atoms with Gasteiger partial charge in [0.05, 0.1) is 16.9 Å². The Bertz CT molecular complexity index is 1220. The van der Waals surface area contributed by atoms with E-state index in [-0.39, 0.29) is 23.8 Å². The molecule has 0 saturated heterocycles. The van der Waals surface area contributed by atoms with Crippen LogP contribution in [0.4, 0.5) is 5.69 Å². The van der Waals surface area contributed by atoms with Crippen molar-refractivity contribution in [1.82, 2.24) is 29.4 Å². The van der Waals surface area contributed by atoms with Crippen LogP contribution in [0.2, 0.25) is 0 Å². The molecule has 0 aliphatic carbocycles. The van der Waals surface area contributed by atoms with E-state index in [0.717, 1.165) is 0 Å². The van der Waals surface area contributed by atoms with Crippen LogP contribution in [0, 0.1) is 17.0 Å². The van der Waals surface area contributed by atoms with E-state index in [1.165, 1.54) is 33.1 Å². The monoisotopic (exact) mass is 387 g/mol. The molecule has 138 valence electrons. The molecule has 12 heteroatoms. The number of nitro groups is 1. The second-order valence-electron chi connectivity index (χ2n) is 5.70. The number of esters is 1. The Morgan fingerprint density at radius 2 is 2.19 bits per heavy atom. The molecule has 0 aromatic carbocycles. The number of aromatic nitrogens is 6. The molecule has 4 aromatic heterocycles. The predicted octanol–water partition coefficient (Wildman–Crippen LogP) is 2.13. The number of thiophene rings is 1. The zero-order valence-electron chi connectivity index (χ0n) is 14.5. The SMILES string of the molecule is CCOC(=O)c1sc2ncn3nc(-c4nn(C)cc4[N+](=O)[O-])nc3c2c1C. The molecule has 0 amide bonds. The van der Waals surface area contributed by atoms with Gasteiger partial charge in [0.15, 0.2) is 5.65 Å². The lowest BCUT2D eigenvalue weighted by Gasteiger charge is -1.99. The summed E-state index contributed by atoms with van der Waals surface area (Å²) in [6.07, 6.45) is 2.75. The van der Waals surface area contributed by atoms with Gasteiger partial charge in [-0.05, 0) is 19.4 Å². The van der Waals surface area contributed by atoms with Crippen molar-refractivity contribution in [2.75, 3.05) is 6.61 Å². The standard InChI is InChI=1S/C15H13N7O4S/c1-4-26-15(23)11-7(2)9-13-17-12(19-21(13)6-16-14(9)27-11)10-8(22(24)25)5-20(3)18-10/h5-6H,4H2,1-3H3. The van der Waals surface area contributed by atoms with Crippen molar-refractivity contribution in [3.05, 3.63) is 33.1 Å². The maximum atomic E-state index is 12.2. The molecule has 11 nitrogen and oxygen atoms in total. The summed E-state index contributed by atoms with van der Waals surface area (Å²) in [6, 6.07) is 0. The van der Waals surface area contributed by atoms with Crippen molar-refractivity contribution in [2.24, 2.45) is 7.05 Å². The zero-order chi connectivity index (χ0) is 19.3. The van der Waals surface area contributed by atoms with Gasteiger partial charge in [0, 0.05) is 7.05 Å². The second kappa shape index (κ2) is 6.09. The first-order chi connectivity index (χ1) is 12.9. The molecule has 0 bridgehead atoms. The van der Waals surface area contributed by atoms with Crippen molar-refractivity contribution >= 4 is 38.9 Å². The molecular weight excluding hydrogens is 374 g/mol. The fourth-order valence-electron chi connectivity index (χ4n) is 2.79. The van der Waals surface area contributed by atoms with Crippen LogP contribution in [0.15, 0.2) is 12.5 Å². The molecule has 0 fully saturated rings. The van der Waals surface area contributed by atoms with Crippen LogP contribution in [0.3, 0.4) is 0 Å². The highest BCUT2D eigenvalue weighted by atomic mass is 32.1. The average molecular weight is 387 g/mol. The molecule has 0 unspecified atom stereocenters. The summed E-state index contributed by atoms with van der Waals surface area (Å²) in [5.41, 5.74) is 1.00. The van der Waals surface area contributed by atoms with Gasteiger partial charge in [0.1, 0.15) is 22.2 Å². The molecule has 0 aliphatic rings.